The number of rotatable bonds is 8. The monoisotopic (exact) mass is 553 g/mol. The Bertz CT molecular complexity index is 1380. The third-order valence-corrected chi connectivity index (χ3v) is 7.16. The lowest BCUT2D eigenvalue weighted by atomic mass is 9.85. The van der Waals surface area contributed by atoms with Gasteiger partial charge in [0.15, 0.2) is 0 Å². The summed E-state index contributed by atoms with van der Waals surface area (Å²) in [5.74, 6) is -0.764. The smallest absolute Gasteiger partial charge is 0.416 e. The van der Waals surface area contributed by atoms with E-state index in [0.717, 1.165) is 23.3 Å². The van der Waals surface area contributed by atoms with Gasteiger partial charge in [-0.2, -0.15) is 13.2 Å². The van der Waals surface area contributed by atoms with Crippen LogP contribution in [-0.2, 0) is 35.8 Å². The van der Waals surface area contributed by atoms with Crippen LogP contribution in [0, 0.1) is 0 Å². The summed E-state index contributed by atoms with van der Waals surface area (Å²) in [4.78, 5) is 26.0. The third-order valence-electron chi connectivity index (χ3n) is 7.16. The number of carboxylic acids is 1. The standard InChI is InChI=1S/C32H34F3NO4/c1-30(2,3)25-10-5-21(6-11-25)18-31(4)19-24-17-23(9-14-27(24)40-31)29(39)36(16-15-28(37)38)20-22-7-12-26(13-8-22)32(33,34)35/h5-14,17H,15-16,18-20H2,1-4H3,(H,37,38)/t31-/m1/s1. The Labute approximate surface area is 232 Å². The Morgan fingerprint density at radius 2 is 1.52 bits per heavy atom. The number of benzene rings is 3. The number of carbonyl (C=O) groups is 2. The molecule has 1 N–H and O–H groups in total. The van der Waals surface area contributed by atoms with Crippen LogP contribution in [0.1, 0.15) is 72.3 Å². The van der Waals surface area contributed by atoms with E-state index in [9.17, 15) is 27.9 Å². The van der Waals surface area contributed by atoms with Gasteiger partial charge in [0.05, 0.1) is 12.0 Å². The molecule has 1 atom stereocenters. The van der Waals surface area contributed by atoms with Crippen molar-refractivity contribution in [3.8, 4) is 5.75 Å². The molecule has 5 nitrogen and oxygen atoms in total. The quantitative estimate of drug-likeness (QED) is 0.324. The second-order valence-electron chi connectivity index (χ2n) is 11.7. The Kier molecular flexibility index (Phi) is 8.01. The maximum absolute atomic E-state index is 13.5. The van der Waals surface area contributed by atoms with Crippen molar-refractivity contribution in [3.05, 3.63) is 100 Å². The number of alkyl halides is 3. The first kappa shape index (κ1) is 29.2. The van der Waals surface area contributed by atoms with E-state index in [1.807, 2.05) is 6.92 Å². The van der Waals surface area contributed by atoms with E-state index >= 15 is 0 Å². The number of halogens is 3. The second kappa shape index (κ2) is 11.0. The molecule has 3 aromatic carbocycles. The summed E-state index contributed by atoms with van der Waals surface area (Å²) in [6.45, 7) is 8.46. The zero-order chi connectivity index (χ0) is 29.3. The van der Waals surface area contributed by atoms with E-state index < -0.39 is 29.2 Å². The van der Waals surface area contributed by atoms with Crippen LogP contribution in [0.4, 0.5) is 13.2 Å². The molecule has 0 aliphatic carbocycles. The SMILES string of the molecule is CC(C)(C)c1ccc(C[C@]2(C)Cc3cc(C(=O)N(CCC(=O)O)Cc4ccc(C(F)(F)F)cc4)ccc3O2)cc1. The predicted molar refractivity (Wildman–Crippen MR) is 146 cm³/mol. The van der Waals surface area contributed by atoms with Crippen molar-refractivity contribution >= 4 is 11.9 Å². The zero-order valence-electron chi connectivity index (χ0n) is 23.1. The zero-order valence-corrected chi connectivity index (χ0v) is 23.1. The van der Waals surface area contributed by atoms with E-state index in [2.05, 4.69) is 45.0 Å². The van der Waals surface area contributed by atoms with E-state index in [0.29, 0.717) is 29.7 Å². The summed E-state index contributed by atoms with van der Waals surface area (Å²) in [6.07, 6.45) is -3.47. The van der Waals surface area contributed by atoms with Gasteiger partial charge in [-0.05, 0) is 64.9 Å². The van der Waals surface area contributed by atoms with Crippen molar-refractivity contribution in [2.75, 3.05) is 6.54 Å². The lowest BCUT2D eigenvalue weighted by Gasteiger charge is -2.25. The Morgan fingerprint density at radius 1 is 0.925 bits per heavy atom. The van der Waals surface area contributed by atoms with Gasteiger partial charge in [0.1, 0.15) is 11.4 Å². The van der Waals surface area contributed by atoms with Crippen molar-refractivity contribution in [1.29, 1.82) is 0 Å². The molecule has 1 heterocycles. The van der Waals surface area contributed by atoms with Gasteiger partial charge in [-0.15, -0.1) is 0 Å². The number of carbonyl (C=O) groups excluding carboxylic acids is 1. The summed E-state index contributed by atoms with van der Waals surface area (Å²) in [5, 5.41) is 9.19. The van der Waals surface area contributed by atoms with Gasteiger partial charge in [0.25, 0.3) is 5.91 Å². The topological polar surface area (TPSA) is 66.8 Å². The number of nitrogens with zero attached hydrogens (tertiary/aromatic N) is 1. The van der Waals surface area contributed by atoms with Gasteiger partial charge < -0.3 is 14.7 Å². The van der Waals surface area contributed by atoms with Crippen LogP contribution in [0.15, 0.2) is 66.7 Å². The number of hydrogen-bond acceptors (Lipinski definition) is 3. The third kappa shape index (κ3) is 7.03. The molecule has 0 unspecified atom stereocenters. The van der Waals surface area contributed by atoms with Crippen LogP contribution in [-0.4, -0.2) is 34.0 Å². The maximum atomic E-state index is 13.5. The minimum Gasteiger partial charge on any atom is -0.487 e. The molecule has 0 saturated carbocycles. The van der Waals surface area contributed by atoms with Crippen LogP contribution in [0.2, 0.25) is 0 Å². The molecule has 3 aromatic rings. The molecule has 4 rings (SSSR count). The molecule has 0 bridgehead atoms. The Morgan fingerprint density at radius 3 is 2.10 bits per heavy atom. The molecular weight excluding hydrogens is 519 g/mol. The van der Waals surface area contributed by atoms with Crippen molar-refractivity contribution in [2.45, 2.75) is 70.7 Å². The predicted octanol–water partition coefficient (Wildman–Crippen LogP) is 7.06. The number of carboxylic acid groups (broad SMARTS) is 1. The van der Waals surface area contributed by atoms with E-state index in [-0.39, 0.29) is 24.9 Å². The van der Waals surface area contributed by atoms with Crippen LogP contribution in [0.5, 0.6) is 5.75 Å². The molecule has 0 spiro atoms. The van der Waals surface area contributed by atoms with Crippen LogP contribution < -0.4 is 4.74 Å². The molecule has 1 amide bonds. The first-order valence-electron chi connectivity index (χ1n) is 13.2. The average Bonchev–Trinajstić information content (AvgIpc) is 3.20. The highest BCUT2D eigenvalue weighted by Crippen LogP contribution is 2.38. The summed E-state index contributed by atoms with van der Waals surface area (Å²) in [6, 6.07) is 18.2. The van der Waals surface area contributed by atoms with Gasteiger partial charge >= 0.3 is 12.1 Å². The Hall–Kier alpha value is -3.81. The lowest BCUT2D eigenvalue weighted by Crippen LogP contribution is -2.33. The molecule has 1 aliphatic heterocycles. The number of amides is 1. The molecule has 212 valence electrons. The van der Waals surface area contributed by atoms with E-state index in [4.69, 9.17) is 4.74 Å². The molecule has 8 heteroatoms. The minimum atomic E-state index is -4.46. The van der Waals surface area contributed by atoms with Crippen LogP contribution in [0.25, 0.3) is 0 Å². The molecular formula is C32H34F3NO4. The van der Waals surface area contributed by atoms with Gasteiger partial charge in [0.2, 0.25) is 0 Å². The highest BCUT2D eigenvalue weighted by atomic mass is 19.4. The number of aliphatic carboxylic acids is 1. The molecule has 0 aromatic heterocycles. The van der Waals surface area contributed by atoms with E-state index in [1.54, 1.807) is 18.2 Å². The largest absolute Gasteiger partial charge is 0.487 e. The average molecular weight is 554 g/mol. The van der Waals surface area contributed by atoms with Gasteiger partial charge in [-0.3, -0.25) is 9.59 Å². The summed E-state index contributed by atoms with van der Waals surface area (Å²) >= 11 is 0. The molecule has 0 fully saturated rings. The fourth-order valence-electron chi connectivity index (χ4n) is 4.99. The molecule has 1 aliphatic rings. The fourth-order valence-corrected chi connectivity index (χ4v) is 4.99. The van der Waals surface area contributed by atoms with Crippen molar-refractivity contribution in [3.63, 3.8) is 0 Å². The summed E-state index contributed by atoms with van der Waals surface area (Å²) in [7, 11) is 0. The van der Waals surface area contributed by atoms with Crippen molar-refractivity contribution in [2.24, 2.45) is 0 Å². The second-order valence-corrected chi connectivity index (χ2v) is 11.7. The van der Waals surface area contributed by atoms with Crippen LogP contribution in [0.3, 0.4) is 0 Å². The van der Waals surface area contributed by atoms with Gasteiger partial charge in [-0.1, -0.05) is 57.2 Å². The first-order chi connectivity index (χ1) is 18.6. The molecule has 0 radical (unpaired) electrons. The van der Waals surface area contributed by atoms with Crippen molar-refractivity contribution in [1.82, 2.24) is 4.90 Å². The highest BCUT2D eigenvalue weighted by Gasteiger charge is 2.36. The summed E-state index contributed by atoms with van der Waals surface area (Å²) < 4.78 is 45.1. The summed E-state index contributed by atoms with van der Waals surface area (Å²) in [5.41, 5.74) is 2.92. The van der Waals surface area contributed by atoms with Crippen molar-refractivity contribution < 1.29 is 32.6 Å². The van der Waals surface area contributed by atoms with Gasteiger partial charge in [0, 0.05) is 31.5 Å². The highest BCUT2D eigenvalue weighted by molar-refractivity contribution is 5.95. The Balaban J connectivity index is 1.49. The maximum Gasteiger partial charge on any atom is 0.416 e. The van der Waals surface area contributed by atoms with Crippen LogP contribution >= 0.6 is 0 Å². The first-order valence-corrected chi connectivity index (χ1v) is 13.2. The van der Waals surface area contributed by atoms with E-state index in [1.165, 1.54) is 22.6 Å². The molecule has 0 saturated heterocycles. The number of hydrogen-bond donors (Lipinski definition) is 1. The minimum absolute atomic E-state index is 0.0138. The number of fused-ring (bicyclic) bond motifs is 1. The molecule has 40 heavy (non-hydrogen) atoms. The fraction of sp³-hybridized carbons (Fsp3) is 0.375. The van der Waals surface area contributed by atoms with Gasteiger partial charge in [-0.25, -0.2) is 0 Å². The lowest BCUT2D eigenvalue weighted by molar-refractivity contribution is -0.138. The normalized spacial score (nSPS) is 16.8. The number of ether oxygens (including phenoxy) is 1.